The van der Waals surface area contributed by atoms with E-state index in [0.717, 1.165) is 19.3 Å². The summed E-state index contributed by atoms with van der Waals surface area (Å²) in [6.45, 7) is 2.42. The smallest absolute Gasteiger partial charge is 0.326 e. The number of hydrogen-bond acceptors (Lipinski definition) is 4. The van der Waals surface area contributed by atoms with Gasteiger partial charge in [0.2, 0.25) is 10.0 Å². The summed E-state index contributed by atoms with van der Waals surface area (Å²) >= 11 is 0. The molecule has 0 aromatic heterocycles. The number of amides is 1. The fourth-order valence-electron chi connectivity index (χ4n) is 4.05. The van der Waals surface area contributed by atoms with Gasteiger partial charge in [0.1, 0.15) is 6.04 Å². The van der Waals surface area contributed by atoms with E-state index in [1.165, 1.54) is 29.2 Å². The number of carboxylic acids is 1. The lowest BCUT2D eigenvalue weighted by molar-refractivity contribution is -0.142. The van der Waals surface area contributed by atoms with Crippen LogP contribution >= 0.6 is 0 Å². The van der Waals surface area contributed by atoms with Gasteiger partial charge in [0.25, 0.3) is 5.91 Å². The number of carbonyl (C=O) groups is 2. The van der Waals surface area contributed by atoms with E-state index >= 15 is 0 Å². The maximum absolute atomic E-state index is 12.8. The maximum Gasteiger partial charge on any atom is 0.326 e. The molecule has 1 aliphatic heterocycles. The zero-order chi connectivity index (χ0) is 18.2. The minimum Gasteiger partial charge on any atom is -0.480 e. The van der Waals surface area contributed by atoms with E-state index in [1.54, 1.807) is 6.92 Å². The summed E-state index contributed by atoms with van der Waals surface area (Å²) in [5.74, 6) is -1.04. The first kappa shape index (κ1) is 17.9. The summed E-state index contributed by atoms with van der Waals surface area (Å²) in [5, 5.41) is 9.55. The predicted molar refractivity (Wildman–Crippen MR) is 90.6 cm³/mol. The second-order valence-electron chi connectivity index (χ2n) is 6.62. The van der Waals surface area contributed by atoms with Crippen LogP contribution in [0.4, 0.5) is 0 Å². The lowest BCUT2D eigenvalue weighted by atomic mass is 9.94. The molecule has 1 aromatic carbocycles. The molecule has 3 rings (SSSR count). The summed E-state index contributed by atoms with van der Waals surface area (Å²) < 4.78 is 26.3. The lowest BCUT2D eigenvalue weighted by Gasteiger charge is -2.24. The van der Waals surface area contributed by atoms with Gasteiger partial charge in [-0.3, -0.25) is 4.79 Å². The minimum atomic E-state index is -3.58. The van der Waals surface area contributed by atoms with Crippen LogP contribution in [0.2, 0.25) is 0 Å². The third-order valence-electron chi connectivity index (χ3n) is 5.15. The van der Waals surface area contributed by atoms with Gasteiger partial charge < -0.3 is 10.0 Å². The third-order valence-corrected chi connectivity index (χ3v) is 6.71. The largest absolute Gasteiger partial charge is 0.480 e. The van der Waals surface area contributed by atoms with Gasteiger partial charge in [0, 0.05) is 18.7 Å². The average molecular weight is 366 g/mol. The fraction of sp³-hybridized carbons (Fsp3) is 0.529. The number of nitrogens with one attached hydrogen (secondary N) is 1. The Hall–Kier alpha value is -1.93. The number of carbonyl (C=O) groups excluding carboxylic acids is 1. The molecular weight excluding hydrogens is 344 g/mol. The number of benzene rings is 1. The highest BCUT2D eigenvalue weighted by atomic mass is 32.2. The summed E-state index contributed by atoms with van der Waals surface area (Å²) in [4.78, 5) is 26.0. The van der Waals surface area contributed by atoms with Gasteiger partial charge in [-0.2, -0.15) is 0 Å². The van der Waals surface area contributed by atoms with Crippen molar-refractivity contribution in [2.45, 2.75) is 37.1 Å². The van der Waals surface area contributed by atoms with E-state index < -0.39 is 22.0 Å². The highest BCUT2D eigenvalue weighted by Crippen LogP contribution is 2.42. The van der Waals surface area contributed by atoms with Crippen molar-refractivity contribution in [2.24, 2.45) is 11.8 Å². The summed E-state index contributed by atoms with van der Waals surface area (Å²) in [6, 6.07) is 4.85. The molecule has 1 heterocycles. The molecule has 8 heteroatoms. The third kappa shape index (κ3) is 3.28. The molecule has 25 heavy (non-hydrogen) atoms. The topological polar surface area (TPSA) is 104 Å². The monoisotopic (exact) mass is 366 g/mol. The fourth-order valence-corrected chi connectivity index (χ4v) is 5.09. The number of nitrogens with zero attached hydrogens (tertiary/aromatic N) is 1. The van der Waals surface area contributed by atoms with Gasteiger partial charge in [0.05, 0.1) is 4.90 Å². The quantitative estimate of drug-likeness (QED) is 0.818. The maximum atomic E-state index is 12.8. The number of likely N-dealkylation sites (tertiary alicyclic amines) is 1. The van der Waals surface area contributed by atoms with E-state index in [4.69, 9.17) is 0 Å². The standard InChI is InChI=1S/C17H22N2O5S/c1-2-18-25(23,24)13-8-6-11(7-9-13)16(20)19-10-12-4-3-5-14(12)15(19)17(21)22/h6-9,12,14-15,18H,2-5,10H2,1H3,(H,21,22). The van der Waals surface area contributed by atoms with Crippen LogP contribution in [0.15, 0.2) is 29.2 Å². The average Bonchev–Trinajstić information content (AvgIpc) is 3.14. The van der Waals surface area contributed by atoms with Gasteiger partial charge in [-0.25, -0.2) is 17.9 Å². The molecule has 0 spiro atoms. The van der Waals surface area contributed by atoms with Crippen molar-refractivity contribution in [3.63, 3.8) is 0 Å². The Morgan fingerprint density at radius 1 is 1.24 bits per heavy atom. The minimum absolute atomic E-state index is 0.0230. The van der Waals surface area contributed by atoms with Crippen LogP contribution in [0.5, 0.6) is 0 Å². The summed E-state index contributed by atoms with van der Waals surface area (Å²) in [6.07, 6.45) is 2.81. The van der Waals surface area contributed by atoms with Crippen molar-refractivity contribution in [3.8, 4) is 0 Å². The number of carboxylic acid groups (broad SMARTS) is 1. The molecule has 3 atom stereocenters. The van der Waals surface area contributed by atoms with Crippen LogP contribution in [-0.4, -0.2) is 49.4 Å². The summed E-state index contributed by atoms with van der Waals surface area (Å²) in [7, 11) is -3.58. The lowest BCUT2D eigenvalue weighted by Crippen LogP contribution is -2.43. The second-order valence-corrected chi connectivity index (χ2v) is 8.39. The Labute approximate surface area is 147 Å². The van der Waals surface area contributed by atoms with E-state index in [-0.39, 0.29) is 29.2 Å². The first-order valence-electron chi connectivity index (χ1n) is 8.48. The Morgan fingerprint density at radius 2 is 1.92 bits per heavy atom. The molecule has 1 saturated carbocycles. The van der Waals surface area contributed by atoms with Gasteiger partial charge in [0.15, 0.2) is 0 Å². The summed E-state index contributed by atoms with van der Waals surface area (Å²) in [5.41, 5.74) is 0.307. The highest BCUT2D eigenvalue weighted by Gasteiger charge is 2.49. The van der Waals surface area contributed by atoms with E-state index in [9.17, 15) is 23.1 Å². The molecule has 136 valence electrons. The Kier molecular flexibility index (Phi) is 4.83. The molecule has 3 unspecified atom stereocenters. The van der Waals surface area contributed by atoms with Gasteiger partial charge in [-0.15, -0.1) is 0 Å². The number of sulfonamides is 1. The van der Waals surface area contributed by atoms with Crippen LogP contribution < -0.4 is 4.72 Å². The zero-order valence-corrected chi connectivity index (χ0v) is 14.8. The number of fused-ring (bicyclic) bond motifs is 1. The Balaban J connectivity index is 1.82. The first-order valence-corrected chi connectivity index (χ1v) is 9.97. The van der Waals surface area contributed by atoms with Gasteiger partial charge >= 0.3 is 5.97 Å². The number of rotatable bonds is 5. The molecule has 1 amide bonds. The van der Waals surface area contributed by atoms with E-state index in [1.807, 2.05) is 0 Å². The predicted octanol–water partition coefficient (Wildman–Crippen LogP) is 1.31. The van der Waals surface area contributed by atoms with Crippen LogP contribution in [0.25, 0.3) is 0 Å². The molecule has 2 N–H and O–H groups in total. The van der Waals surface area contributed by atoms with E-state index in [0.29, 0.717) is 12.1 Å². The highest BCUT2D eigenvalue weighted by molar-refractivity contribution is 7.89. The molecule has 1 aromatic rings. The number of hydrogen-bond donors (Lipinski definition) is 2. The van der Waals surface area contributed by atoms with Crippen LogP contribution in [0.1, 0.15) is 36.5 Å². The van der Waals surface area contributed by atoms with Crippen molar-refractivity contribution in [1.82, 2.24) is 9.62 Å². The normalized spacial score (nSPS) is 25.8. The van der Waals surface area contributed by atoms with Gasteiger partial charge in [-0.05, 0) is 48.9 Å². The molecule has 7 nitrogen and oxygen atoms in total. The molecule has 0 radical (unpaired) electrons. The number of aliphatic carboxylic acids is 1. The Morgan fingerprint density at radius 3 is 2.52 bits per heavy atom. The van der Waals surface area contributed by atoms with Crippen molar-refractivity contribution in [3.05, 3.63) is 29.8 Å². The van der Waals surface area contributed by atoms with Crippen LogP contribution in [0.3, 0.4) is 0 Å². The van der Waals surface area contributed by atoms with Crippen LogP contribution in [0, 0.1) is 11.8 Å². The van der Waals surface area contributed by atoms with Crippen LogP contribution in [-0.2, 0) is 14.8 Å². The van der Waals surface area contributed by atoms with Crippen molar-refractivity contribution in [2.75, 3.05) is 13.1 Å². The molecule has 1 saturated heterocycles. The van der Waals surface area contributed by atoms with E-state index in [2.05, 4.69) is 4.72 Å². The zero-order valence-electron chi connectivity index (χ0n) is 14.0. The van der Waals surface area contributed by atoms with Crippen molar-refractivity contribution >= 4 is 21.9 Å². The molecule has 1 aliphatic carbocycles. The first-order chi connectivity index (χ1) is 11.8. The van der Waals surface area contributed by atoms with Crippen molar-refractivity contribution in [1.29, 1.82) is 0 Å². The molecule has 2 fully saturated rings. The Bertz CT molecular complexity index is 775. The molecular formula is C17H22N2O5S. The van der Waals surface area contributed by atoms with Gasteiger partial charge in [-0.1, -0.05) is 13.3 Å². The second kappa shape index (κ2) is 6.76. The molecule has 2 aliphatic rings. The molecule has 0 bridgehead atoms. The SMILES string of the molecule is CCNS(=O)(=O)c1ccc(C(=O)N2CC3CCCC3C2C(=O)O)cc1. The van der Waals surface area contributed by atoms with Crippen molar-refractivity contribution < 1.29 is 23.1 Å².